The van der Waals surface area contributed by atoms with Gasteiger partial charge in [-0.05, 0) is 19.1 Å². The molecule has 1 aliphatic rings. The van der Waals surface area contributed by atoms with Gasteiger partial charge >= 0.3 is 6.03 Å². The van der Waals surface area contributed by atoms with E-state index in [4.69, 9.17) is 9.84 Å². The van der Waals surface area contributed by atoms with Gasteiger partial charge < -0.3 is 20.1 Å². The van der Waals surface area contributed by atoms with E-state index in [0.29, 0.717) is 19.7 Å². The predicted octanol–water partition coefficient (Wildman–Crippen LogP) is 1.22. The Morgan fingerprint density at radius 1 is 1.50 bits per heavy atom. The molecule has 5 heteroatoms. The molecule has 5 nitrogen and oxygen atoms in total. The topological polar surface area (TPSA) is 61.8 Å². The van der Waals surface area contributed by atoms with Crippen molar-refractivity contribution in [2.75, 3.05) is 31.6 Å². The molecule has 18 heavy (non-hydrogen) atoms. The number of rotatable bonds is 2. The van der Waals surface area contributed by atoms with Crippen LogP contribution in [0.5, 0.6) is 0 Å². The summed E-state index contributed by atoms with van der Waals surface area (Å²) in [5, 5.41) is 11.9. The maximum Gasteiger partial charge on any atom is 0.322 e. The molecule has 1 aliphatic heterocycles. The number of aryl methyl sites for hydroxylation is 1. The zero-order valence-electron chi connectivity index (χ0n) is 10.4. The first-order valence-corrected chi connectivity index (χ1v) is 6.04. The number of hydrogen-bond acceptors (Lipinski definition) is 3. The van der Waals surface area contributed by atoms with E-state index in [2.05, 4.69) is 5.32 Å². The van der Waals surface area contributed by atoms with Gasteiger partial charge in [0.15, 0.2) is 0 Å². The molecule has 0 saturated carbocycles. The summed E-state index contributed by atoms with van der Waals surface area (Å²) in [4.78, 5) is 13.6. The molecule has 1 aromatic rings. The van der Waals surface area contributed by atoms with Crippen molar-refractivity contribution in [2.24, 2.45) is 0 Å². The highest BCUT2D eigenvalue weighted by Gasteiger charge is 2.23. The standard InChI is InChI=1S/C13H18N2O3/c1-10-2-4-11(5-3-10)14-13(17)15-6-7-18-12(8-15)9-16/h2-5,12,16H,6-9H2,1H3,(H,14,17). The SMILES string of the molecule is Cc1ccc(NC(=O)N2CCOC(CO)C2)cc1. The van der Waals surface area contributed by atoms with Crippen molar-refractivity contribution in [1.29, 1.82) is 0 Å². The lowest BCUT2D eigenvalue weighted by Gasteiger charge is -2.32. The second-order valence-electron chi connectivity index (χ2n) is 4.42. The molecular weight excluding hydrogens is 232 g/mol. The van der Waals surface area contributed by atoms with Crippen molar-refractivity contribution in [3.8, 4) is 0 Å². The summed E-state index contributed by atoms with van der Waals surface area (Å²) < 4.78 is 5.30. The molecule has 2 rings (SSSR count). The number of urea groups is 1. The molecule has 0 radical (unpaired) electrons. The number of morpholine rings is 1. The van der Waals surface area contributed by atoms with Gasteiger partial charge in [0.05, 0.1) is 25.9 Å². The number of hydrogen-bond donors (Lipinski definition) is 2. The van der Waals surface area contributed by atoms with Gasteiger partial charge in [0.25, 0.3) is 0 Å². The van der Waals surface area contributed by atoms with Crippen LogP contribution in [0, 0.1) is 6.92 Å². The van der Waals surface area contributed by atoms with Crippen LogP contribution in [0.3, 0.4) is 0 Å². The largest absolute Gasteiger partial charge is 0.394 e. The van der Waals surface area contributed by atoms with Crippen LogP contribution in [0.1, 0.15) is 5.56 Å². The Hall–Kier alpha value is -1.59. The van der Waals surface area contributed by atoms with Crippen molar-refractivity contribution < 1.29 is 14.6 Å². The van der Waals surface area contributed by atoms with Crippen LogP contribution in [0.25, 0.3) is 0 Å². The molecule has 0 aliphatic carbocycles. The molecule has 1 unspecified atom stereocenters. The minimum absolute atomic E-state index is 0.0612. The molecule has 1 aromatic carbocycles. The predicted molar refractivity (Wildman–Crippen MR) is 68.6 cm³/mol. The third-order valence-corrected chi connectivity index (χ3v) is 2.93. The molecule has 1 heterocycles. The quantitative estimate of drug-likeness (QED) is 0.829. The van der Waals surface area contributed by atoms with Crippen LogP contribution in [0.4, 0.5) is 10.5 Å². The lowest BCUT2D eigenvalue weighted by Crippen LogP contribution is -2.48. The number of anilines is 1. The van der Waals surface area contributed by atoms with Crippen molar-refractivity contribution in [3.05, 3.63) is 29.8 Å². The zero-order valence-corrected chi connectivity index (χ0v) is 10.4. The van der Waals surface area contributed by atoms with Crippen molar-refractivity contribution in [2.45, 2.75) is 13.0 Å². The van der Waals surface area contributed by atoms with Crippen LogP contribution in [0.15, 0.2) is 24.3 Å². The molecule has 0 bridgehead atoms. The van der Waals surface area contributed by atoms with Gasteiger partial charge in [0, 0.05) is 12.2 Å². The Kier molecular flexibility index (Phi) is 4.17. The number of aliphatic hydroxyl groups excluding tert-OH is 1. The number of carbonyl (C=O) groups excluding carboxylic acids is 1. The van der Waals surface area contributed by atoms with Gasteiger partial charge in [-0.1, -0.05) is 17.7 Å². The molecule has 0 aromatic heterocycles. The zero-order chi connectivity index (χ0) is 13.0. The van der Waals surface area contributed by atoms with Gasteiger partial charge in [-0.15, -0.1) is 0 Å². The van der Waals surface area contributed by atoms with Crippen LogP contribution < -0.4 is 5.32 Å². The van der Waals surface area contributed by atoms with Crippen molar-refractivity contribution in [1.82, 2.24) is 4.90 Å². The molecule has 1 atom stereocenters. The summed E-state index contributed by atoms with van der Waals surface area (Å²) in [6.45, 7) is 3.38. The summed E-state index contributed by atoms with van der Waals surface area (Å²) in [6.07, 6.45) is -0.275. The van der Waals surface area contributed by atoms with Gasteiger partial charge in [-0.25, -0.2) is 4.79 Å². The first-order valence-electron chi connectivity index (χ1n) is 6.04. The average Bonchev–Trinajstić information content (AvgIpc) is 2.41. The highest BCUT2D eigenvalue weighted by atomic mass is 16.5. The van der Waals surface area contributed by atoms with Crippen LogP contribution in [-0.2, 0) is 4.74 Å². The van der Waals surface area contributed by atoms with E-state index in [1.54, 1.807) is 4.90 Å². The second-order valence-corrected chi connectivity index (χ2v) is 4.42. The molecule has 1 saturated heterocycles. The minimum atomic E-state index is -0.275. The van der Waals surface area contributed by atoms with Crippen molar-refractivity contribution in [3.63, 3.8) is 0 Å². The Morgan fingerprint density at radius 3 is 2.89 bits per heavy atom. The van der Waals surface area contributed by atoms with Gasteiger partial charge in [0.2, 0.25) is 0 Å². The van der Waals surface area contributed by atoms with Crippen LogP contribution in [-0.4, -0.2) is 48.4 Å². The Balaban J connectivity index is 1.93. The number of ether oxygens (including phenoxy) is 1. The molecular formula is C13H18N2O3. The normalized spacial score (nSPS) is 19.7. The maximum absolute atomic E-state index is 12.0. The fraction of sp³-hybridized carbons (Fsp3) is 0.462. The summed E-state index contributed by atoms with van der Waals surface area (Å²) in [6, 6.07) is 7.49. The highest BCUT2D eigenvalue weighted by Crippen LogP contribution is 2.11. The van der Waals surface area contributed by atoms with E-state index in [1.807, 2.05) is 31.2 Å². The van der Waals surface area contributed by atoms with Gasteiger partial charge in [-0.3, -0.25) is 0 Å². The minimum Gasteiger partial charge on any atom is -0.394 e. The number of aliphatic hydroxyl groups is 1. The van der Waals surface area contributed by atoms with Crippen LogP contribution >= 0.6 is 0 Å². The van der Waals surface area contributed by atoms with E-state index in [0.717, 1.165) is 11.3 Å². The fourth-order valence-corrected chi connectivity index (χ4v) is 1.85. The summed E-state index contributed by atoms with van der Waals surface area (Å²) in [7, 11) is 0. The summed E-state index contributed by atoms with van der Waals surface area (Å²) in [5.74, 6) is 0. The summed E-state index contributed by atoms with van der Waals surface area (Å²) in [5.41, 5.74) is 1.93. The van der Waals surface area contributed by atoms with Gasteiger partial charge in [0.1, 0.15) is 0 Å². The van der Waals surface area contributed by atoms with Crippen molar-refractivity contribution >= 4 is 11.7 Å². The number of nitrogens with zero attached hydrogens (tertiary/aromatic N) is 1. The first-order chi connectivity index (χ1) is 8.69. The maximum atomic E-state index is 12.0. The average molecular weight is 250 g/mol. The monoisotopic (exact) mass is 250 g/mol. The lowest BCUT2D eigenvalue weighted by molar-refractivity contribution is -0.0388. The lowest BCUT2D eigenvalue weighted by atomic mass is 10.2. The second kappa shape index (κ2) is 5.84. The van der Waals surface area contributed by atoms with E-state index in [1.165, 1.54) is 0 Å². The molecule has 0 spiro atoms. The van der Waals surface area contributed by atoms with E-state index in [-0.39, 0.29) is 18.7 Å². The Labute approximate surface area is 106 Å². The molecule has 2 N–H and O–H groups in total. The third-order valence-electron chi connectivity index (χ3n) is 2.93. The van der Waals surface area contributed by atoms with Crippen LogP contribution in [0.2, 0.25) is 0 Å². The first kappa shape index (κ1) is 12.9. The fourth-order valence-electron chi connectivity index (χ4n) is 1.85. The van der Waals surface area contributed by atoms with E-state index < -0.39 is 0 Å². The number of carbonyl (C=O) groups is 1. The summed E-state index contributed by atoms with van der Waals surface area (Å²) >= 11 is 0. The number of nitrogens with one attached hydrogen (secondary N) is 1. The van der Waals surface area contributed by atoms with Gasteiger partial charge in [-0.2, -0.15) is 0 Å². The highest BCUT2D eigenvalue weighted by molar-refractivity contribution is 5.89. The molecule has 2 amide bonds. The van der Waals surface area contributed by atoms with E-state index in [9.17, 15) is 4.79 Å². The smallest absolute Gasteiger partial charge is 0.322 e. The Bertz CT molecular complexity index is 405. The Morgan fingerprint density at radius 2 is 2.22 bits per heavy atom. The number of amides is 2. The molecule has 1 fully saturated rings. The third kappa shape index (κ3) is 3.21. The molecule has 98 valence electrons. The van der Waals surface area contributed by atoms with E-state index >= 15 is 0 Å². The number of benzene rings is 1.